The largest absolute Gasteiger partial charge is 0.461 e. The van der Waals surface area contributed by atoms with Crippen LogP contribution < -0.4 is 15.8 Å². The van der Waals surface area contributed by atoms with Crippen LogP contribution in [-0.2, 0) is 17.3 Å². The van der Waals surface area contributed by atoms with Crippen molar-refractivity contribution >= 4 is 32.7 Å². The fourth-order valence-corrected chi connectivity index (χ4v) is 4.42. The molecule has 13 heteroatoms. The van der Waals surface area contributed by atoms with Gasteiger partial charge in [-0.15, -0.1) is 0 Å². The van der Waals surface area contributed by atoms with E-state index in [4.69, 9.17) is 0 Å². The van der Waals surface area contributed by atoms with Crippen molar-refractivity contribution in [3.05, 3.63) is 52.1 Å². The number of aromatic amines is 1. The van der Waals surface area contributed by atoms with Crippen LogP contribution >= 0.6 is 11.3 Å². The van der Waals surface area contributed by atoms with Gasteiger partial charge >= 0.3 is 12.1 Å². The number of carbonyl (C=O) groups is 1. The van der Waals surface area contributed by atoms with E-state index < -0.39 is 29.5 Å². The van der Waals surface area contributed by atoms with Crippen LogP contribution in [0, 0.1) is 0 Å². The fraction of sp³-hybridized carbons (Fsp3) is 0.368. The molecule has 1 aliphatic heterocycles. The van der Waals surface area contributed by atoms with Gasteiger partial charge in [-0.05, 0) is 18.4 Å². The van der Waals surface area contributed by atoms with Crippen LogP contribution in [0.1, 0.15) is 24.2 Å². The molecule has 1 aliphatic rings. The second kappa shape index (κ2) is 8.11. The SMILES string of the molecule is O=C(NCc1ccccc1)C1CCCN1c1nc2c(=O)[nH]c(C(F)(F)C(F)(F)F)nc2s1. The van der Waals surface area contributed by atoms with Gasteiger partial charge in [-0.2, -0.15) is 22.0 Å². The molecule has 0 spiro atoms. The third-order valence-electron chi connectivity index (χ3n) is 5.02. The van der Waals surface area contributed by atoms with E-state index in [0.717, 1.165) is 5.56 Å². The molecule has 7 nitrogen and oxygen atoms in total. The number of aromatic nitrogens is 3. The minimum Gasteiger partial charge on any atom is -0.350 e. The van der Waals surface area contributed by atoms with Crippen molar-refractivity contribution in [1.29, 1.82) is 0 Å². The number of nitrogens with zero attached hydrogens (tertiary/aromatic N) is 3. The molecule has 0 radical (unpaired) electrons. The number of H-pyrrole nitrogens is 1. The zero-order valence-electron chi connectivity index (χ0n) is 16.2. The first-order valence-electron chi connectivity index (χ1n) is 9.52. The van der Waals surface area contributed by atoms with Crippen molar-refractivity contribution in [3.8, 4) is 0 Å². The molecule has 4 rings (SSSR count). The van der Waals surface area contributed by atoms with Gasteiger partial charge in [0.2, 0.25) is 5.91 Å². The van der Waals surface area contributed by atoms with Gasteiger partial charge < -0.3 is 15.2 Å². The molecular weight excluding hydrogens is 457 g/mol. The maximum absolute atomic E-state index is 13.6. The van der Waals surface area contributed by atoms with Crippen LogP contribution in [-0.4, -0.2) is 39.6 Å². The molecule has 170 valence electrons. The van der Waals surface area contributed by atoms with Gasteiger partial charge in [0.1, 0.15) is 6.04 Å². The molecule has 0 bridgehead atoms. The number of nitrogens with one attached hydrogen (secondary N) is 2. The second-order valence-electron chi connectivity index (χ2n) is 7.19. The highest BCUT2D eigenvalue weighted by molar-refractivity contribution is 7.21. The minimum absolute atomic E-state index is 0.155. The number of rotatable bonds is 5. The monoisotopic (exact) mass is 473 g/mol. The summed E-state index contributed by atoms with van der Waals surface area (Å²) in [6.07, 6.45) is -4.78. The van der Waals surface area contributed by atoms with E-state index in [9.17, 15) is 31.5 Å². The van der Waals surface area contributed by atoms with Gasteiger partial charge in [0.25, 0.3) is 5.56 Å². The molecule has 2 aromatic heterocycles. The number of anilines is 1. The highest BCUT2D eigenvalue weighted by Gasteiger charge is 2.61. The molecule has 2 N–H and O–H groups in total. The van der Waals surface area contributed by atoms with Gasteiger partial charge in [-0.3, -0.25) is 9.59 Å². The van der Waals surface area contributed by atoms with Crippen molar-refractivity contribution in [1.82, 2.24) is 20.3 Å². The smallest absolute Gasteiger partial charge is 0.350 e. The molecule has 1 amide bonds. The van der Waals surface area contributed by atoms with Crippen LogP contribution in [0.3, 0.4) is 0 Å². The minimum atomic E-state index is -5.92. The summed E-state index contributed by atoms with van der Waals surface area (Å²) < 4.78 is 65.2. The average Bonchev–Trinajstić information content (AvgIpc) is 3.39. The standard InChI is InChI=1S/C19H16F5N5O2S/c20-18(21,19(22,23)24)16-27-14(31)12-15(28-16)32-17(26-12)29-8-4-7-11(29)13(30)25-9-10-5-2-1-3-6-10/h1-3,5-6,11H,4,7-9H2,(H,25,30)(H,27,28,31). The quantitative estimate of drug-likeness (QED) is 0.555. The van der Waals surface area contributed by atoms with E-state index in [1.165, 1.54) is 4.98 Å². The van der Waals surface area contributed by atoms with Crippen molar-refractivity contribution in [2.45, 2.75) is 37.5 Å². The Morgan fingerprint density at radius 2 is 1.91 bits per heavy atom. The molecule has 3 aromatic rings. The Kier molecular flexibility index (Phi) is 5.61. The fourth-order valence-electron chi connectivity index (χ4n) is 3.40. The zero-order valence-corrected chi connectivity index (χ0v) is 17.1. The molecule has 1 fully saturated rings. The molecule has 0 aliphatic carbocycles. The van der Waals surface area contributed by atoms with Crippen molar-refractivity contribution in [2.24, 2.45) is 0 Å². The Balaban J connectivity index is 1.59. The molecular formula is C19H16F5N5O2S. The summed E-state index contributed by atoms with van der Waals surface area (Å²) in [4.78, 5) is 34.9. The summed E-state index contributed by atoms with van der Waals surface area (Å²) in [6, 6.07) is 8.62. The summed E-state index contributed by atoms with van der Waals surface area (Å²) in [5.41, 5.74) is -0.665. The van der Waals surface area contributed by atoms with Crippen molar-refractivity contribution < 1.29 is 26.7 Å². The maximum Gasteiger partial charge on any atom is 0.461 e. The van der Waals surface area contributed by atoms with Gasteiger partial charge in [0.15, 0.2) is 21.3 Å². The third kappa shape index (κ3) is 4.04. The van der Waals surface area contributed by atoms with Gasteiger partial charge in [0.05, 0.1) is 0 Å². The summed E-state index contributed by atoms with van der Waals surface area (Å²) in [6.45, 7) is 0.716. The number of halogens is 5. The van der Waals surface area contributed by atoms with E-state index >= 15 is 0 Å². The van der Waals surface area contributed by atoms with E-state index in [0.29, 0.717) is 37.3 Å². The third-order valence-corrected chi connectivity index (χ3v) is 6.01. The highest BCUT2D eigenvalue weighted by atomic mass is 32.1. The first kappa shape index (κ1) is 22.1. The van der Waals surface area contributed by atoms with E-state index in [1.807, 2.05) is 30.3 Å². The summed E-state index contributed by atoms with van der Waals surface area (Å²) in [7, 11) is 0. The Labute approximate surface area is 181 Å². The van der Waals surface area contributed by atoms with E-state index in [2.05, 4.69) is 15.3 Å². The van der Waals surface area contributed by atoms with Crippen LogP contribution in [0.25, 0.3) is 10.3 Å². The Morgan fingerprint density at radius 3 is 2.59 bits per heavy atom. The summed E-state index contributed by atoms with van der Waals surface area (Å²) in [5.74, 6) is -7.40. The lowest BCUT2D eigenvalue weighted by atomic mass is 10.2. The normalized spacial score (nSPS) is 17.2. The predicted octanol–water partition coefficient (Wildman–Crippen LogP) is 3.32. The molecule has 0 saturated carbocycles. The number of benzene rings is 1. The second-order valence-corrected chi connectivity index (χ2v) is 8.15. The summed E-state index contributed by atoms with van der Waals surface area (Å²) in [5, 5.41) is 2.98. The number of hydrogen-bond donors (Lipinski definition) is 2. The Bertz CT molecular complexity index is 1190. The Hall–Kier alpha value is -3.09. The maximum atomic E-state index is 13.6. The van der Waals surface area contributed by atoms with Crippen molar-refractivity contribution in [2.75, 3.05) is 11.4 Å². The van der Waals surface area contributed by atoms with Crippen LogP contribution in [0.2, 0.25) is 0 Å². The van der Waals surface area contributed by atoms with Gasteiger partial charge in [-0.25, -0.2) is 9.97 Å². The van der Waals surface area contributed by atoms with Gasteiger partial charge in [-0.1, -0.05) is 41.7 Å². The first-order valence-corrected chi connectivity index (χ1v) is 10.3. The predicted molar refractivity (Wildman–Crippen MR) is 107 cm³/mol. The average molecular weight is 473 g/mol. The first-order chi connectivity index (χ1) is 15.1. The molecule has 1 aromatic carbocycles. The number of amides is 1. The van der Waals surface area contributed by atoms with E-state index in [-0.39, 0.29) is 21.4 Å². The van der Waals surface area contributed by atoms with Crippen LogP contribution in [0.4, 0.5) is 27.1 Å². The van der Waals surface area contributed by atoms with Crippen LogP contribution in [0.15, 0.2) is 35.1 Å². The number of thiazole rings is 1. The van der Waals surface area contributed by atoms with Crippen LogP contribution in [0.5, 0.6) is 0 Å². The lowest BCUT2D eigenvalue weighted by Crippen LogP contribution is -2.43. The number of alkyl halides is 5. The molecule has 1 unspecified atom stereocenters. The summed E-state index contributed by atoms with van der Waals surface area (Å²) >= 11 is 0.688. The Morgan fingerprint density at radius 1 is 1.19 bits per heavy atom. The molecule has 32 heavy (non-hydrogen) atoms. The molecule has 1 atom stereocenters. The van der Waals surface area contributed by atoms with Gasteiger partial charge in [0, 0.05) is 13.1 Å². The zero-order chi connectivity index (χ0) is 23.1. The number of hydrogen-bond acceptors (Lipinski definition) is 6. The number of carbonyl (C=O) groups excluding carboxylic acids is 1. The molecule has 3 heterocycles. The molecule has 1 saturated heterocycles. The number of fused-ring (bicyclic) bond motifs is 1. The lowest BCUT2D eigenvalue weighted by molar-refractivity contribution is -0.292. The van der Waals surface area contributed by atoms with Crippen molar-refractivity contribution in [3.63, 3.8) is 0 Å². The lowest BCUT2D eigenvalue weighted by Gasteiger charge is -2.23. The van der Waals surface area contributed by atoms with E-state index in [1.54, 1.807) is 4.90 Å². The topological polar surface area (TPSA) is 91.0 Å². The highest BCUT2D eigenvalue weighted by Crippen LogP contribution is 2.42.